The molecule has 2 N–H and O–H groups in total. The van der Waals surface area contributed by atoms with Crippen molar-refractivity contribution in [1.82, 2.24) is 10.2 Å². The number of carbonyl (C=O) groups is 1. The van der Waals surface area contributed by atoms with Crippen LogP contribution < -0.4 is 15.4 Å². The number of anilines is 1. The maximum Gasteiger partial charge on any atom is 0.319 e. The highest BCUT2D eigenvalue weighted by molar-refractivity contribution is 5.90. The van der Waals surface area contributed by atoms with Crippen LogP contribution >= 0.6 is 0 Å². The highest BCUT2D eigenvalue weighted by Crippen LogP contribution is 2.19. The zero-order valence-electron chi connectivity index (χ0n) is 15.0. The summed E-state index contributed by atoms with van der Waals surface area (Å²) in [5, 5.41) is 5.85. The molecular formula is C20H25N3O3. The van der Waals surface area contributed by atoms with Crippen LogP contribution in [0.5, 0.6) is 5.75 Å². The molecule has 1 saturated heterocycles. The maximum absolute atomic E-state index is 12.3. The molecule has 1 heterocycles. The molecule has 1 aliphatic heterocycles. The van der Waals surface area contributed by atoms with Crippen LogP contribution in [0.15, 0.2) is 48.5 Å². The zero-order valence-corrected chi connectivity index (χ0v) is 15.0. The third-order valence-corrected chi connectivity index (χ3v) is 4.40. The number of carbonyl (C=O) groups excluding carboxylic acids is 1. The molecule has 0 spiro atoms. The Bertz CT molecular complexity index is 730. The van der Waals surface area contributed by atoms with Gasteiger partial charge in [0.15, 0.2) is 0 Å². The van der Waals surface area contributed by atoms with E-state index in [1.807, 2.05) is 48.5 Å². The first-order valence-electron chi connectivity index (χ1n) is 8.81. The van der Waals surface area contributed by atoms with Crippen LogP contribution in [0.4, 0.5) is 10.5 Å². The molecule has 3 rings (SSSR count). The van der Waals surface area contributed by atoms with E-state index in [-0.39, 0.29) is 6.03 Å². The SMILES string of the molecule is COc1ccccc1CNC(=O)Nc1ccccc1CN1CCOCC1. The average molecular weight is 355 g/mol. The first-order chi connectivity index (χ1) is 12.8. The number of nitrogens with zero attached hydrogens (tertiary/aromatic N) is 1. The van der Waals surface area contributed by atoms with Crippen LogP contribution in [-0.4, -0.2) is 44.3 Å². The minimum Gasteiger partial charge on any atom is -0.496 e. The van der Waals surface area contributed by atoms with Crippen molar-refractivity contribution in [2.24, 2.45) is 0 Å². The number of nitrogens with one attached hydrogen (secondary N) is 2. The van der Waals surface area contributed by atoms with E-state index in [1.165, 1.54) is 0 Å². The summed E-state index contributed by atoms with van der Waals surface area (Å²) < 4.78 is 10.7. The molecule has 0 radical (unpaired) electrons. The molecule has 6 heteroatoms. The molecule has 138 valence electrons. The second kappa shape index (κ2) is 9.22. The number of urea groups is 1. The smallest absolute Gasteiger partial charge is 0.319 e. The Hall–Kier alpha value is -2.57. The van der Waals surface area contributed by atoms with Gasteiger partial charge >= 0.3 is 6.03 Å². The van der Waals surface area contributed by atoms with E-state index in [2.05, 4.69) is 15.5 Å². The van der Waals surface area contributed by atoms with Crippen molar-refractivity contribution in [3.63, 3.8) is 0 Å². The number of benzene rings is 2. The third kappa shape index (κ3) is 4.97. The molecule has 0 atom stereocenters. The molecule has 2 amide bonds. The molecule has 0 saturated carbocycles. The van der Waals surface area contributed by atoms with Gasteiger partial charge in [-0.05, 0) is 17.7 Å². The number of hydrogen-bond donors (Lipinski definition) is 2. The minimum atomic E-state index is -0.231. The van der Waals surface area contributed by atoms with Gasteiger partial charge in [-0.3, -0.25) is 4.90 Å². The molecule has 0 aliphatic carbocycles. The van der Waals surface area contributed by atoms with Gasteiger partial charge in [-0.2, -0.15) is 0 Å². The molecule has 0 aromatic heterocycles. The average Bonchev–Trinajstić information content (AvgIpc) is 2.69. The lowest BCUT2D eigenvalue weighted by Gasteiger charge is -2.27. The number of ether oxygens (including phenoxy) is 2. The first kappa shape index (κ1) is 18.2. The van der Waals surface area contributed by atoms with Crippen molar-refractivity contribution in [2.45, 2.75) is 13.1 Å². The van der Waals surface area contributed by atoms with E-state index < -0.39 is 0 Å². The Morgan fingerprint density at radius 2 is 1.77 bits per heavy atom. The summed E-state index contributed by atoms with van der Waals surface area (Å²) in [7, 11) is 1.63. The number of morpholine rings is 1. The number of amides is 2. The Balaban J connectivity index is 1.58. The standard InChI is InChI=1S/C20H25N3O3/c1-25-19-9-5-3-6-16(19)14-21-20(24)22-18-8-4-2-7-17(18)15-23-10-12-26-13-11-23/h2-9H,10-15H2,1H3,(H2,21,22,24). The van der Waals surface area contributed by atoms with Gasteiger partial charge in [-0.15, -0.1) is 0 Å². The van der Waals surface area contributed by atoms with Crippen LogP contribution in [0.1, 0.15) is 11.1 Å². The molecule has 2 aromatic carbocycles. The van der Waals surface area contributed by atoms with Crippen molar-refractivity contribution in [3.8, 4) is 5.75 Å². The molecule has 0 bridgehead atoms. The third-order valence-electron chi connectivity index (χ3n) is 4.40. The summed E-state index contributed by atoms with van der Waals surface area (Å²) in [6.45, 7) is 4.54. The number of para-hydroxylation sites is 2. The number of rotatable bonds is 6. The van der Waals surface area contributed by atoms with E-state index >= 15 is 0 Å². The van der Waals surface area contributed by atoms with E-state index in [9.17, 15) is 4.79 Å². The molecule has 1 fully saturated rings. The topological polar surface area (TPSA) is 62.8 Å². The van der Waals surface area contributed by atoms with Crippen LogP contribution in [0.25, 0.3) is 0 Å². The summed E-state index contributed by atoms with van der Waals surface area (Å²) in [4.78, 5) is 14.7. The Labute approximate surface area is 154 Å². The fourth-order valence-electron chi connectivity index (χ4n) is 2.97. The minimum absolute atomic E-state index is 0.231. The van der Waals surface area contributed by atoms with Gasteiger partial charge in [0.2, 0.25) is 0 Å². The van der Waals surface area contributed by atoms with Gasteiger partial charge in [0.1, 0.15) is 5.75 Å². The van der Waals surface area contributed by atoms with Gasteiger partial charge < -0.3 is 20.1 Å². The van der Waals surface area contributed by atoms with Gasteiger partial charge in [-0.25, -0.2) is 4.79 Å². The monoisotopic (exact) mass is 355 g/mol. The van der Waals surface area contributed by atoms with Crippen LogP contribution in [0.2, 0.25) is 0 Å². The summed E-state index contributed by atoms with van der Waals surface area (Å²) in [6, 6.07) is 15.3. The fraction of sp³-hybridized carbons (Fsp3) is 0.350. The van der Waals surface area contributed by atoms with E-state index in [4.69, 9.17) is 9.47 Å². The number of hydrogen-bond acceptors (Lipinski definition) is 4. The molecule has 1 aliphatic rings. The zero-order chi connectivity index (χ0) is 18.2. The summed E-state index contributed by atoms with van der Waals surface area (Å²) >= 11 is 0. The predicted octanol–water partition coefficient (Wildman–Crippen LogP) is 2.85. The Morgan fingerprint density at radius 3 is 2.54 bits per heavy atom. The van der Waals surface area contributed by atoms with Gasteiger partial charge in [0.05, 0.1) is 20.3 Å². The normalized spacial score (nSPS) is 14.7. The highest BCUT2D eigenvalue weighted by atomic mass is 16.5. The maximum atomic E-state index is 12.3. The molecule has 0 unspecified atom stereocenters. The van der Waals surface area contributed by atoms with Crippen molar-refractivity contribution in [2.75, 3.05) is 38.7 Å². The van der Waals surface area contributed by atoms with Crippen LogP contribution in [-0.2, 0) is 17.8 Å². The van der Waals surface area contributed by atoms with Gasteiger partial charge in [0.25, 0.3) is 0 Å². The van der Waals surface area contributed by atoms with Crippen LogP contribution in [0, 0.1) is 0 Å². The lowest BCUT2D eigenvalue weighted by molar-refractivity contribution is 0.0343. The summed E-state index contributed by atoms with van der Waals surface area (Å²) in [5.74, 6) is 0.764. The van der Waals surface area contributed by atoms with E-state index in [0.717, 1.165) is 55.4 Å². The van der Waals surface area contributed by atoms with Crippen molar-refractivity contribution >= 4 is 11.7 Å². The summed E-state index contributed by atoms with van der Waals surface area (Å²) in [5.41, 5.74) is 2.87. The second-order valence-corrected chi connectivity index (χ2v) is 6.17. The second-order valence-electron chi connectivity index (χ2n) is 6.17. The van der Waals surface area contributed by atoms with E-state index in [1.54, 1.807) is 7.11 Å². The molecular weight excluding hydrogens is 330 g/mol. The number of methoxy groups -OCH3 is 1. The largest absolute Gasteiger partial charge is 0.496 e. The van der Waals surface area contributed by atoms with Crippen LogP contribution in [0.3, 0.4) is 0 Å². The van der Waals surface area contributed by atoms with Crippen molar-refractivity contribution < 1.29 is 14.3 Å². The van der Waals surface area contributed by atoms with E-state index in [0.29, 0.717) is 6.54 Å². The van der Waals surface area contributed by atoms with Crippen molar-refractivity contribution in [1.29, 1.82) is 0 Å². The molecule has 26 heavy (non-hydrogen) atoms. The van der Waals surface area contributed by atoms with Crippen molar-refractivity contribution in [3.05, 3.63) is 59.7 Å². The highest BCUT2D eigenvalue weighted by Gasteiger charge is 2.14. The lowest BCUT2D eigenvalue weighted by atomic mass is 10.1. The van der Waals surface area contributed by atoms with Gasteiger partial charge in [-0.1, -0.05) is 36.4 Å². The predicted molar refractivity (Wildman–Crippen MR) is 101 cm³/mol. The van der Waals surface area contributed by atoms with Gasteiger partial charge in [0, 0.05) is 37.4 Å². The lowest BCUT2D eigenvalue weighted by Crippen LogP contribution is -2.36. The fourth-order valence-corrected chi connectivity index (χ4v) is 2.97. The molecule has 6 nitrogen and oxygen atoms in total. The summed E-state index contributed by atoms with van der Waals surface area (Å²) in [6.07, 6.45) is 0. The quantitative estimate of drug-likeness (QED) is 0.836. The first-order valence-corrected chi connectivity index (χ1v) is 8.81. The molecule has 2 aromatic rings. The Kier molecular flexibility index (Phi) is 6.46. The Morgan fingerprint density at radius 1 is 1.08 bits per heavy atom.